The Morgan fingerprint density at radius 1 is 1.00 bits per heavy atom. The van der Waals surface area contributed by atoms with E-state index in [9.17, 15) is 9.59 Å². The zero-order valence-corrected chi connectivity index (χ0v) is 20.9. The van der Waals surface area contributed by atoms with E-state index >= 15 is 0 Å². The molecule has 1 aliphatic heterocycles. The van der Waals surface area contributed by atoms with E-state index in [0.29, 0.717) is 13.0 Å². The first kappa shape index (κ1) is 26.7. The summed E-state index contributed by atoms with van der Waals surface area (Å²) >= 11 is 0. The molecule has 1 aromatic carbocycles. The van der Waals surface area contributed by atoms with E-state index in [1.54, 1.807) is 18.2 Å². The van der Waals surface area contributed by atoms with Crippen LogP contribution in [-0.4, -0.2) is 67.4 Å². The van der Waals surface area contributed by atoms with Crippen molar-refractivity contribution < 1.29 is 28.4 Å². The molecule has 35 heavy (non-hydrogen) atoms. The molecule has 1 aliphatic rings. The number of rotatable bonds is 11. The maximum absolute atomic E-state index is 13.2. The van der Waals surface area contributed by atoms with Gasteiger partial charge in [0.15, 0.2) is 0 Å². The lowest BCUT2D eigenvalue weighted by Crippen LogP contribution is -2.56. The number of aromatic nitrogens is 1. The van der Waals surface area contributed by atoms with Crippen LogP contribution in [0, 0.1) is 0 Å². The second kappa shape index (κ2) is 11.7. The predicted molar refractivity (Wildman–Crippen MR) is 132 cm³/mol. The Morgan fingerprint density at radius 2 is 1.66 bits per heavy atom. The highest BCUT2D eigenvalue weighted by molar-refractivity contribution is 6.48. The molecule has 2 N–H and O–H groups in total. The fraction of sp³-hybridized carbons (Fsp3) is 0.480. The van der Waals surface area contributed by atoms with Gasteiger partial charge in [-0.15, -0.1) is 0 Å². The van der Waals surface area contributed by atoms with E-state index in [2.05, 4.69) is 15.6 Å². The number of hydrogen-bond donors (Lipinski definition) is 2. The Kier molecular flexibility index (Phi) is 8.88. The van der Waals surface area contributed by atoms with Crippen LogP contribution in [-0.2, 0) is 18.8 Å². The van der Waals surface area contributed by atoms with E-state index in [4.69, 9.17) is 18.8 Å². The number of carbonyl (C=O) groups is 2. The molecule has 0 radical (unpaired) electrons. The minimum Gasteiger partial charge on any atom is -0.494 e. The largest absolute Gasteiger partial charge is 0.494 e. The molecule has 0 saturated carbocycles. The molecule has 1 aromatic heterocycles. The Hall–Kier alpha value is -2.95. The molecule has 2 heterocycles. The summed E-state index contributed by atoms with van der Waals surface area (Å²) in [6.07, 6.45) is 1.94. The molecule has 188 valence electrons. The number of methoxy groups -OCH3 is 1. The average Bonchev–Trinajstić information content (AvgIpc) is 3.05. The lowest BCUT2D eigenvalue weighted by Gasteiger charge is -2.32. The molecule has 1 fully saturated rings. The minimum atomic E-state index is -0.936. The maximum atomic E-state index is 13.2. The molecule has 3 rings (SSSR count). The van der Waals surface area contributed by atoms with E-state index < -0.39 is 42.1 Å². The standard InChI is InChI=1S/C25H34BN3O6/c1-24(2)25(3,4)35-26(34-24)21(14-16-33-18-11-7-6-8-12-18)29-23(31)20(17-32-5)28-22(30)19-13-9-10-15-27-19/h6-13,15,20-21H,14,16-17H2,1-5H3,(H,28,30)(H,29,31). The quantitative estimate of drug-likeness (QED) is 0.473. The fourth-order valence-corrected chi connectivity index (χ4v) is 3.51. The highest BCUT2D eigenvalue weighted by atomic mass is 16.7. The van der Waals surface area contributed by atoms with Crippen molar-refractivity contribution in [2.45, 2.75) is 57.3 Å². The van der Waals surface area contributed by atoms with Crippen LogP contribution >= 0.6 is 0 Å². The number of para-hydroxylation sites is 1. The SMILES string of the molecule is COCC(NC(=O)c1ccccn1)C(=O)NC(CCOc1ccccc1)B1OC(C)(C)C(C)(C)O1. The van der Waals surface area contributed by atoms with E-state index in [0.717, 1.165) is 5.75 Å². The van der Waals surface area contributed by atoms with Gasteiger partial charge < -0.3 is 29.4 Å². The normalized spacial score (nSPS) is 17.9. The van der Waals surface area contributed by atoms with Gasteiger partial charge in [0.2, 0.25) is 5.91 Å². The Morgan fingerprint density at radius 3 is 2.26 bits per heavy atom. The summed E-state index contributed by atoms with van der Waals surface area (Å²) in [6, 6.07) is 13.5. The molecular weight excluding hydrogens is 449 g/mol. The van der Waals surface area contributed by atoms with Crippen molar-refractivity contribution in [3.05, 3.63) is 60.4 Å². The van der Waals surface area contributed by atoms with Crippen molar-refractivity contribution in [1.82, 2.24) is 15.6 Å². The molecule has 2 unspecified atom stereocenters. The van der Waals surface area contributed by atoms with Gasteiger partial charge in [-0.3, -0.25) is 14.6 Å². The molecule has 1 saturated heterocycles. The number of nitrogens with one attached hydrogen (secondary N) is 2. The highest BCUT2D eigenvalue weighted by Gasteiger charge is 2.54. The molecule has 10 heteroatoms. The number of amides is 2. The van der Waals surface area contributed by atoms with Crippen molar-refractivity contribution in [3.63, 3.8) is 0 Å². The number of benzene rings is 1. The van der Waals surface area contributed by atoms with Gasteiger partial charge in [-0.1, -0.05) is 24.3 Å². The topological polar surface area (TPSA) is 108 Å². The summed E-state index contributed by atoms with van der Waals surface area (Å²) in [5.41, 5.74) is -0.930. The second-order valence-corrected chi connectivity index (χ2v) is 9.39. The summed E-state index contributed by atoms with van der Waals surface area (Å²) in [4.78, 5) is 29.9. The summed E-state index contributed by atoms with van der Waals surface area (Å²) in [5.74, 6) is -0.692. The van der Waals surface area contributed by atoms with Crippen molar-refractivity contribution in [2.75, 3.05) is 20.3 Å². The molecule has 9 nitrogen and oxygen atoms in total. The summed E-state index contributed by atoms with van der Waals surface area (Å²) in [7, 11) is 0.769. The van der Waals surface area contributed by atoms with Crippen LogP contribution in [0.25, 0.3) is 0 Å². The smallest absolute Gasteiger partial charge is 0.481 e. The van der Waals surface area contributed by atoms with Gasteiger partial charge in [-0.05, 0) is 52.0 Å². The first-order valence-electron chi connectivity index (χ1n) is 11.7. The number of carbonyl (C=O) groups excluding carboxylic acids is 2. The van der Waals surface area contributed by atoms with Crippen LogP contribution in [0.15, 0.2) is 54.7 Å². The molecule has 2 amide bonds. The second-order valence-electron chi connectivity index (χ2n) is 9.39. The first-order valence-corrected chi connectivity index (χ1v) is 11.7. The lowest BCUT2D eigenvalue weighted by molar-refractivity contribution is -0.124. The highest BCUT2D eigenvalue weighted by Crippen LogP contribution is 2.37. The number of hydrogen-bond acceptors (Lipinski definition) is 7. The van der Waals surface area contributed by atoms with Crippen molar-refractivity contribution in [2.24, 2.45) is 0 Å². The van der Waals surface area contributed by atoms with Crippen molar-refractivity contribution >= 4 is 18.9 Å². The Balaban J connectivity index is 1.71. The maximum Gasteiger partial charge on any atom is 0.481 e. The molecule has 0 aliphatic carbocycles. The number of pyridine rings is 1. The van der Waals surface area contributed by atoms with Crippen LogP contribution in [0.3, 0.4) is 0 Å². The van der Waals surface area contributed by atoms with Gasteiger partial charge in [0.25, 0.3) is 5.91 Å². The summed E-state index contributed by atoms with van der Waals surface area (Å²) in [6.45, 7) is 8.12. The third kappa shape index (κ3) is 7.03. The van der Waals surface area contributed by atoms with Gasteiger partial charge >= 0.3 is 7.12 Å². The van der Waals surface area contributed by atoms with Gasteiger partial charge in [0.05, 0.1) is 30.4 Å². The van der Waals surface area contributed by atoms with Crippen LogP contribution in [0.5, 0.6) is 5.75 Å². The first-order chi connectivity index (χ1) is 16.6. The number of nitrogens with zero attached hydrogens (tertiary/aromatic N) is 1. The average molecular weight is 483 g/mol. The summed E-state index contributed by atoms with van der Waals surface area (Å²) in [5, 5.41) is 5.67. The van der Waals surface area contributed by atoms with Crippen molar-refractivity contribution in [1.29, 1.82) is 0 Å². The monoisotopic (exact) mass is 483 g/mol. The molecule has 0 bridgehead atoms. The van der Waals surface area contributed by atoms with E-state index in [1.165, 1.54) is 13.3 Å². The van der Waals surface area contributed by atoms with E-state index in [1.807, 2.05) is 58.0 Å². The Bertz CT molecular complexity index is 958. The zero-order valence-electron chi connectivity index (χ0n) is 20.9. The number of ether oxygens (including phenoxy) is 2. The lowest BCUT2D eigenvalue weighted by atomic mass is 9.76. The van der Waals surface area contributed by atoms with E-state index in [-0.39, 0.29) is 12.3 Å². The van der Waals surface area contributed by atoms with Crippen LogP contribution in [0.4, 0.5) is 0 Å². The third-order valence-corrected chi connectivity index (χ3v) is 6.22. The van der Waals surface area contributed by atoms with Gasteiger partial charge in [-0.25, -0.2) is 0 Å². The molecule has 2 atom stereocenters. The molecule has 0 spiro atoms. The molecule has 2 aromatic rings. The van der Waals surface area contributed by atoms with Gasteiger partial charge in [-0.2, -0.15) is 0 Å². The van der Waals surface area contributed by atoms with Crippen LogP contribution in [0.2, 0.25) is 0 Å². The molecular formula is C25H34BN3O6. The van der Waals surface area contributed by atoms with Crippen LogP contribution < -0.4 is 15.4 Å². The predicted octanol–water partition coefficient (Wildman–Crippen LogP) is 2.41. The van der Waals surface area contributed by atoms with Crippen LogP contribution in [0.1, 0.15) is 44.6 Å². The zero-order chi connectivity index (χ0) is 25.5. The third-order valence-electron chi connectivity index (χ3n) is 6.22. The minimum absolute atomic E-state index is 0.0129. The van der Waals surface area contributed by atoms with Gasteiger partial charge in [0.1, 0.15) is 17.5 Å². The van der Waals surface area contributed by atoms with Gasteiger partial charge in [0, 0.05) is 19.7 Å². The summed E-state index contributed by atoms with van der Waals surface area (Å²) < 4.78 is 23.4. The fourth-order valence-electron chi connectivity index (χ4n) is 3.51. The Labute approximate surface area is 207 Å². The van der Waals surface area contributed by atoms with Crippen molar-refractivity contribution in [3.8, 4) is 5.75 Å².